The molecular weight excluding hydrogens is 282 g/mol. The largest absolute Gasteiger partial charge is 0.383 e. The summed E-state index contributed by atoms with van der Waals surface area (Å²) in [7, 11) is 1.61. The van der Waals surface area contributed by atoms with Gasteiger partial charge in [-0.1, -0.05) is 27.2 Å². The van der Waals surface area contributed by atoms with Crippen LogP contribution in [0.15, 0.2) is 16.9 Å². The van der Waals surface area contributed by atoms with Gasteiger partial charge < -0.3 is 9.64 Å². The number of ether oxygens (including phenoxy) is 1. The molecule has 0 saturated heterocycles. The third-order valence-electron chi connectivity index (χ3n) is 3.25. The van der Waals surface area contributed by atoms with Gasteiger partial charge >= 0.3 is 0 Å². The van der Waals surface area contributed by atoms with E-state index in [1.54, 1.807) is 12.0 Å². The molecule has 1 aromatic rings. The molecule has 0 aliphatic rings. The first-order valence-corrected chi connectivity index (χ1v) is 7.86. The smallest absolute Gasteiger partial charge is 0.274 e. The summed E-state index contributed by atoms with van der Waals surface area (Å²) < 4.78 is 6.44. The Bertz CT molecular complexity index is 526. The molecule has 124 valence electrons. The summed E-state index contributed by atoms with van der Waals surface area (Å²) in [5, 5.41) is 4.22. The number of rotatable bonds is 9. The van der Waals surface area contributed by atoms with Crippen molar-refractivity contribution in [2.24, 2.45) is 5.92 Å². The first-order valence-electron chi connectivity index (χ1n) is 7.86. The standard InChI is InChI=1S/C16H27N3O3/c1-5-6-9-19-15(20)8-7-14(17-19)16(21)18(10-11-22-4)12-13(2)3/h7-8,13H,5-6,9-12H2,1-4H3. The van der Waals surface area contributed by atoms with Crippen molar-refractivity contribution in [1.82, 2.24) is 14.7 Å². The van der Waals surface area contributed by atoms with Crippen LogP contribution in [0.3, 0.4) is 0 Å². The molecule has 1 amide bonds. The Kier molecular flexibility index (Phi) is 7.80. The molecule has 1 heterocycles. The van der Waals surface area contributed by atoms with Crippen molar-refractivity contribution >= 4 is 5.91 Å². The highest BCUT2D eigenvalue weighted by Gasteiger charge is 2.19. The van der Waals surface area contributed by atoms with Crippen molar-refractivity contribution < 1.29 is 9.53 Å². The minimum Gasteiger partial charge on any atom is -0.383 e. The molecule has 0 atom stereocenters. The van der Waals surface area contributed by atoms with Gasteiger partial charge in [0.1, 0.15) is 5.69 Å². The molecule has 0 unspecified atom stereocenters. The monoisotopic (exact) mass is 309 g/mol. The van der Waals surface area contributed by atoms with Gasteiger partial charge in [0.25, 0.3) is 11.5 Å². The minimum atomic E-state index is -0.169. The predicted molar refractivity (Wildman–Crippen MR) is 86.0 cm³/mol. The van der Waals surface area contributed by atoms with Gasteiger partial charge in [-0.15, -0.1) is 0 Å². The molecule has 0 bridgehead atoms. The lowest BCUT2D eigenvalue weighted by Gasteiger charge is -2.24. The highest BCUT2D eigenvalue weighted by molar-refractivity contribution is 5.92. The fourth-order valence-electron chi connectivity index (χ4n) is 2.11. The van der Waals surface area contributed by atoms with E-state index in [-0.39, 0.29) is 11.5 Å². The number of aryl methyl sites for hydroxylation is 1. The summed E-state index contributed by atoms with van der Waals surface area (Å²) in [5.74, 6) is 0.197. The minimum absolute atomic E-state index is 0.156. The van der Waals surface area contributed by atoms with Crippen LogP contribution in [-0.4, -0.2) is 47.4 Å². The Hall–Kier alpha value is -1.69. The van der Waals surface area contributed by atoms with Crippen LogP contribution in [0.4, 0.5) is 0 Å². The zero-order chi connectivity index (χ0) is 16.5. The van der Waals surface area contributed by atoms with Crippen LogP contribution in [0.25, 0.3) is 0 Å². The van der Waals surface area contributed by atoms with Crippen LogP contribution in [0.1, 0.15) is 44.1 Å². The molecule has 0 saturated carbocycles. The molecule has 0 N–H and O–H groups in total. The Morgan fingerprint density at radius 3 is 2.73 bits per heavy atom. The highest BCUT2D eigenvalue weighted by atomic mass is 16.5. The van der Waals surface area contributed by atoms with Crippen molar-refractivity contribution in [1.29, 1.82) is 0 Å². The molecule has 1 aromatic heterocycles. The maximum absolute atomic E-state index is 12.6. The van der Waals surface area contributed by atoms with E-state index in [1.165, 1.54) is 16.8 Å². The van der Waals surface area contributed by atoms with Crippen molar-refractivity contribution in [2.45, 2.75) is 40.2 Å². The summed E-state index contributed by atoms with van der Waals surface area (Å²) in [6.07, 6.45) is 1.84. The van der Waals surface area contributed by atoms with Gasteiger partial charge in [0, 0.05) is 32.8 Å². The lowest BCUT2D eigenvalue weighted by atomic mass is 10.2. The normalized spacial score (nSPS) is 11.0. The second-order valence-corrected chi connectivity index (χ2v) is 5.77. The summed E-state index contributed by atoms with van der Waals surface area (Å²) in [4.78, 5) is 26.1. The first kappa shape index (κ1) is 18.4. The Morgan fingerprint density at radius 1 is 1.41 bits per heavy atom. The van der Waals surface area contributed by atoms with Crippen LogP contribution in [0.2, 0.25) is 0 Å². The van der Waals surface area contributed by atoms with E-state index < -0.39 is 0 Å². The summed E-state index contributed by atoms with van der Waals surface area (Å²) in [5.41, 5.74) is 0.143. The van der Waals surface area contributed by atoms with E-state index in [0.29, 0.717) is 37.9 Å². The van der Waals surface area contributed by atoms with E-state index in [2.05, 4.69) is 25.9 Å². The van der Waals surface area contributed by atoms with Gasteiger partial charge in [-0.2, -0.15) is 5.10 Å². The number of aromatic nitrogens is 2. The number of carbonyl (C=O) groups excluding carboxylic acids is 1. The lowest BCUT2D eigenvalue weighted by Crippen LogP contribution is -2.38. The maximum atomic E-state index is 12.6. The second-order valence-electron chi connectivity index (χ2n) is 5.77. The molecule has 0 aromatic carbocycles. The van der Waals surface area contributed by atoms with Gasteiger partial charge in [-0.25, -0.2) is 4.68 Å². The fraction of sp³-hybridized carbons (Fsp3) is 0.688. The van der Waals surface area contributed by atoms with E-state index in [0.717, 1.165) is 12.8 Å². The van der Waals surface area contributed by atoms with Crippen LogP contribution < -0.4 is 5.56 Å². The van der Waals surface area contributed by atoms with Crippen molar-refractivity contribution in [2.75, 3.05) is 26.8 Å². The maximum Gasteiger partial charge on any atom is 0.274 e. The highest BCUT2D eigenvalue weighted by Crippen LogP contribution is 2.05. The molecule has 6 nitrogen and oxygen atoms in total. The van der Waals surface area contributed by atoms with Crippen LogP contribution in [-0.2, 0) is 11.3 Å². The average Bonchev–Trinajstić information content (AvgIpc) is 2.49. The summed E-state index contributed by atoms with van der Waals surface area (Å²) in [6.45, 7) is 8.34. The molecule has 1 rings (SSSR count). The van der Waals surface area contributed by atoms with Gasteiger partial charge in [0.15, 0.2) is 0 Å². The number of hydrogen-bond acceptors (Lipinski definition) is 4. The third kappa shape index (κ3) is 5.60. The fourth-order valence-corrected chi connectivity index (χ4v) is 2.11. The first-order chi connectivity index (χ1) is 10.5. The number of nitrogens with zero attached hydrogens (tertiary/aromatic N) is 3. The van der Waals surface area contributed by atoms with Crippen LogP contribution in [0, 0.1) is 5.92 Å². The van der Waals surface area contributed by atoms with E-state index in [4.69, 9.17) is 4.74 Å². The zero-order valence-corrected chi connectivity index (χ0v) is 14.0. The predicted octanol–water partition coefficient (Wildman–Crippen LogP) is 1.79. The SMILES string of the molecule is CCCCn1nc(C(=O)N(CCOC)CC(C)C)ccc1=O. The number of unbranched alkanes of at least 4 members (excludes halogenated alkanes) is 1. The summed E-state index contributed by atoms with van der Waals surface area (Å²) >= 11 is 0. The topological polar surface area (TPSA) is 64.4 Å². The van der Waals surface area contributed by atoms with Crippen LogP contribution in [0.5, 0.6) is 0 Å². The summed E-state index contributed by atoms with van der Waals surface area (Å²) in [6, 6.07) is 2.92. The quantitative estimate of drug-likeness (QED) is 0.697. The van der Waals surface area contributed by atoms with Gasteiger partial charge in [0.05, 0.1) is 6.61 Å². The molecule has 0 radical (unpaired) electrons. The molecule has 22 heavy (non-hydrogen) atoms. The molecule has 0 fully saturated rings. The molecule has 0 aliphatic heterocycles. The second kappa shape index (κ2) is 9.35. The number of hydrogen-bond donors (Lipinski definition) is 0. The van der Waals surface area contributed by atoms with E-state index in [9.17, 15) is 9.59 Å². The van der Waals surface area contributed by atoms with Crippen molar-refractivity contribution in [3.63, 3.8) is 0 Å². The Morgan fingerprint density at radius 2 is 2.14 bits per heavy atom. The van der Waals surface area contributed by atoms with Crippen LogP contribution >= 0.6 is 0 Å². The number of methoxy groups -OCH3 is 1. The lowest BCUT2D eigenvalue weighted by molar-refractivity contribution is 0.0663. The van der Waals surface area contributed by atoms with Gasteiger partial charge in [-0.05, 0) is 18.4 Å². The van der Waals surface area contributed by atoms with E-state index >= 15 is 0 Å². The van der Waals surface area contributed by atoms with Gasteiger partial charge in [0.2, 0.25) is 0 Å². The molecule has 6 heteroatoms. The number of amides is 1. The molecular formula is C16H27N3O3. The molecule has 0 spiro atoms. The Balaban J connectivity index is 2.94. The van der Waals surface area contributed by atoms with Gasteiger partial charge in [-0.3, -0.25) is 9.59 Å². The molecule has 0 aliphatic carbocycles. The van der Waals surface area contributed by atoms with E-state index in [1.807, 2.05) is 0 Å². The van der Waals surface area contributed by atoms with Crippen molar-refractivity contribution in [3.8, 4) is 0 Å². The zero-order valence-electron chi connectivity index (χ0n) is 14.0. The average molecular weight is 309 g/mol. The number of carbonyl (C=O) groups is 1. The Labute approximate surface area is 132 Å². The van der Waals surface area contributed by atoms with Crippen molar-refractivity contribution in [3.05, 3.63) is 28.2 Å². The third-order valence-corrected chi connectivity index (χ3v) is 3.25.